The fourth-order valence-corrected chi connectivity index (χ4v) is 2.81. The highest BCUT2D eigenvalue weighted by molar-refractivity contribution is 5.95. The molecular weight excluding hydrogens is 274 g/mol. The van der Waals surface area contributed by atoms with Crippen molar-refractivity contribution in [3.8, 4) is 6.07 Å². The molecule has 4 nitrogen and oxygen atoms in total. The molecule has 0 fully saturated rings. The van der Waals surface area contributed by atoms with Gasteiger partial charge in [-0.15, -0.1) is 0 Å². The van der Waals surface area contributed by atoms with E-state index in [1.807, 2.05) is 35.2 Å². The summed E-state index contributed by atoms with van der Waals surface area (Å²) >= 11 is 0. The summed E-state index contributed by atoms with van der Waals surface area (Å²) in [5.41, 5.74) is 10.4. The normalized spacial score (nSPS) is 12.8. The van der Waals surface area contributed by atoms with E-state index < -0.39 is 0 Å². The predicted octanol–water partition coefficient (Wildman–Crippen LogP) is 2.66. The molecule has 2 N–H and O–H groups in total. The molecule has 0 saturated carbocycles. The van der Waals surface area contributed by atoms with Gasteiger partial charge in [-0.2, -0.15) is 5.26 Å². The number of carbonyl (C=O) groups excluding carboxylic acids is 1. The Morgan fingerprint density at radius 2 is 2.00 bits per heavy atom. The van der Waals surface area contributed by atoms with E-state index in [4.69, 9.17) is 11.0 Å². The van der Waals surface area contributed by atoms with E-state index >= 15 is 0 Å². The predicted molar refractivity (Wildman–Crippen MR) is 86.4 cm³/mol. The summed E-state index contributed by atoms with van der Waals surface area (Å²) in [5.74, 6) is 0.132. The van der Waals surface area contributed by atoms with Crippen LogP contribution in [0.3, 0.4) is 0 Å². The highest BCUT2D eigenvalue weighted by Gasteiger charge is 2.24. The molecule has 2 aromatic carbocycles. The van der Waals surface area contributed by atoms with Crippen LogP contribution < -0.4 is 10.6 Å². The van der Waals surface area contributed by atoms with Gasteiger partial charge in [0, 0.05) is 24.3 Å². The lowest BCUT2D eigenvalue weighted by atomic mass is 10.1. The van der Waals surface area contributed by atoms with Crippen molar-refractivity contribution in [2.75, 3.05) is 17.2 Å². The lowest BCUT2D eigenvalue weighted by Gasteiger charge is -2.17. The average molecular weight is 291 g/mol. The molecule has 0 radical (unpaired) electrons. The summed E-state index contributed by atoms with van der Waals surface area (Å²) in [7, 11) is 0. The smallest absolute Gasteiger partial charge is 0.227 e. The van der Waals surface area contributed by atoms with E-state index in [1.54, 1.807) is 12.1 Å². The first-order valence-corrected chi connectivity index (χ1v) is 7.35. The number of nitrogens with two attached hydrogens (primary N) is 1. The summed E-state index contributed by atoms with van der Waals surface area (Å²) in [4.78, 5) is 14.3. The molecule has 0 aliphatic carbocycles. The number of anilines is 2. The summed E-state index contributed by atoms with van der Waals surface area (Å²) in [6.07, 6.45) is 2.02. The third-order valence-electron chi connectivity index (χ3n) is 4.01. The largest absolute Gasteiger partial charge is 0.399 e. The molecule has 1 aliphatic rings. The quantitative estimate of drug-likeness (QED) is 0.884. The van der Waals surface area contributed by atoms with E-state index in [9.17, 15) is 4.79 Å². The van der Waals surface area contributed by atoms with Crippen LogP contribution in [0.2, 0.25) is 0 Å². The van der Waals surface area contributed by atoms with Gasteiger partial charge in [0.2, 0.25) is 5.91 Å². The molecule has 0 bridgehead atoms. The second kappa shape index (κ2) is 5.90. The van der Waals surface area contributed by atoms with Crippen molar-refractivity contribution in [3.05, 3.63) is 59.2 Å². The topological polar surface area (TPSA) is 70.1 Å². The van der Waals surface area contributed by atoms with Gasteiger partial charge in [-0.3, -0.25) is 4.79 Å². The highest BCUT2D eigenvalue weighted by atomic mass is 16.2. The van der Waals surface area contributed by atoms with E-state index in [0.29, 0.717) is 18.4 Å². The van der Waals surface area contributed by atoms with Gasteiger partial charge in [-0.1, -0.05) is 12.1 Å². The van der Waals surface area contributed by atoms with Crippen LogP contribution in [0, 0.1) is 11.3 Å². The fourth-order valence-electron chi connectivity index (χ4n) is 2.81. The number of nitrogens with zero attached hydrogens (tertiary/aromatic N) is 2. The molecule has 0 saturated heterocycles. The number of nitrogen functional groups attached to an aromatic ring is 1. The number of hydrogen-bond donors (Lipinski definition) is 1. The molecule has 3 rings (SSSR count). The van der Waals surface area contributed by atoms with Crippen LogP contribution in [-0.2, 0) is 17.6 Å². The maximum atomic E-state index is 12.4. The number of carbonyl (C=O) groups is 1. The van der Waals surface area contributed by atoms with Gasteiger partial charge in [-0.05, 0) is 54.3 Å². The van der Waals surface area contributed by atoms with Crippen molar-refractivity contribution >= 4 is 17.3 Å². The van der Waals surface area contributed by atoms with Gasteiger partial charge in [-0.25, -0.2) is 0 Å². The van der Waals surface area contributed by atoms with Gasteiger partial charge in [0.25, 0.3) is 0 Å². The molecule has 0 spiro atoms. The molecule has 22 heavy (non-hydrogen) atoms. The Hall–Kier alpha value is -2.80. The standard InChI is InChI=1S/C18H17N3O/c19-12-14-3-1-13(2-4-14)5-8-18(22)21-10-9-15-11-16(20)6-7-17(15)21/h1-4,6-7,11H,5,8-10,20H2. The van der Waals surface area contributed by atoms with Gasteiger partial charge in [0.1, 0.15) is 0 Å². The lowest BCUT2D eigenvalue weighted by molar-refractivity contribution is -0.118. The number of hydrogen-bond acceptors (Lipinski definition) is 3. The molecule has 0 atom stereocenters. The van der Waals surface area contributed by atoms with E-state index in [1.165, 1.54) is 0 Å². The summed E-state index contributed by atoms with van der Waals surface area (Å²) in [5, 5.41) is 8.78. The van der Waals surface area contributed by atoms with Crippen LogP contribution in [0.15, 0.2) is 42.5 Å². The van der Waals surface area contributed by atoms with E-state index in [-0.39, 0.29) is 5.91 Å². The Morgan fingerprint density at radius 1 is 1.23 bits per heavy atom. The summed E-state index contributed by atoms with van der Waals surface area (Å²) in [6, 6.07) is 15.2. The molecule has 1 heterocycles. The number of nitriles is 1. The van der Waals surface area contributed by atoms with Gasteiger partial charge in [0.15, 0.2) is 0 Å². The Bertz CT molecular complexity index is 744. The lowest BCUT2D eigenvalue weighted by Crippen LogP contribution is -2.29. The molecule has 2 aromatic rings. The third-order valence-corrected chi connectivity index (χ3v) is 4.01. The van der Waals surface area contributed by atoms with Gasteiger partial charge in [0.05, 0.1) is 11.6 Å². The first-order valence-electron chi connectivity index (χ1n) is 7.35. The Labute approximate surface area is 129 Å². The number of benzene rings is 2. The average Bonchev–Trinajstić information content (AvgIpc) is 2.96. The monoisotopic (exact) mass is 291 g/mol. The number of amides is 1. The minimum absolute atomic E-state index is 0.132. The maximum Gasteiger partial charge on any atom is 0.227 e. The number of fused-ring (bicyclic) bond motifs is 1. The van der Waals surface area contributed by atoms with Gasteiger partial charge < -0.3 is 10.6 Å². The Balaban J connectivity index is 1.65. The highest BCUT2D eigenvalue weighted by Crippen LogP contribution is 2.30. The van der Waals surface area contributed by atoms with E-state index in [2.05, 4.69) is 6.07 Å². The number of aryl methyl sites for hydroxylation is 1. The molecule has 1 aliphatic heterocycles. The SMILES string of the molecule is N#Cc1ccc(CCC(=O)N2CCc3cc(N)ccc32)cc1. The van der Waals surface area contributed by atoms with Crippen molar-refractivity contribution in [1.82, 2.24) is 0 Å². The van der Waals surface area contributed by atoms with Crippen LogP contribution in [0.4, 0.5) is 11.4 Å². The van der Waals surface area contributed by atoms with Crippen molar-refractivity contribution < 1.29 is 4.79 Å². The van der Waals surface area contributed by atoms with Crippen molar-refractivity contribution in [2.24, 2.45) is 0 Å². The Morgan fingerprint density at radius 3 is 2.73 bits per heavy atom. The van der Waals surface area contributed by atoms with Crippen molar-refractivity contribution in [1.29, 1.82) is 5.26 Å². The molecule has 0 unspecified atom stereocenters. The minimum atomic E-state index is 0.132. The molecular formula is C18H17N3O. The maximum absolute atomic E-state index is 12.4. The second-order valence-electron chi connectivity index (χ2n) is 5.49. The van der Waals surface area contributed by atoms with Crippen molar-refractivity contribution in [2.45, 2.75) is 19.3 Å². The van der Waals surface area contributed by atoms with Crippen LogP contribution >= 0.6 is 0 Å². The van der Waals surface area contributed by atoms with Gasteiger partial charge >= 0.3 is 0 Å². The summed E-state index contributed by atoms with van der Waals surface area (Å²) in [6.45, 7) is 0.727. The minimum Gasteiger partial charge on any atom is -0.399 e. The van der Waals surface area contributed by atoms with Crippen LogP contribution in [0.1, 0.15) is 23.1 Å². The van der Waals surface area contributed by atoms with Crippen LogP contribution in [-0.4, -0.2) is 12.5 Å². The zero-order valence-corrected chi connectivity index (χ0v) is 12.2. The molecule has 0 aromatic heterocycles. The van der Waals surface area contributed by atoms with E-state index in [0.717, 1.165) is 35.5 Å². The zero-order valence-electron chi connectivity index (χ0n) is 12.2. The van der Waals surface area contributed by atoms with Crippen LogP contribution in [0.25, 0.3) is 0 Å². The zero-order chi connectivity index (χ0) is 15.5. The number of rotatable bonds is 3. The van der Waals surface area contributed by atoms with Crippen LogP contribution in [0.5, 0.6) is 0 Å². The molecule has 1 amide bonds. The molecule has 4 heteroatoms. The molecule has 110 valence electrons. The summed E-state index contributed by atoms with van der Waals surface area (Å²) < 4.78 is 0. The first kappa shape index (κ1) is 14.2. The Kier molecular flexibility index (Phi) is 3.80. The fraction of sp³-hybridized carbons (Fsp3) is 0.222. The van der Waals surface area contributed by atoms with Crippen molar-refractivity contribution in [3.63, 3.8) is 0 Å². The third kappa shape index (κ3) is 2.79. The second-order valence-corrected chi connectivity index (χ2v) is 5.49. The first-order chi connectivity index (χ1) is 10.7.